The SMILES string of the molecule is CC(C)OC(=O)CNCP(=O)(OCCSC(=O)C(C)(C)CO)OCC1C2OC(n3cnc4c(=O)[nH]c(N)nc43)C(C)C12. The Morgan fingerprint density at radius 2 is 2.10 bits per heavy atom. The van der Waals surface area contributed by atoms with Crippen LogP contribution in [0.2, 0.25) is 0 Å². The van der Waals surface area contributed by atoms with Crippen LogP contribution in [0.25, 0.3) is 11.2 Å². The van der Waals surface area contributed by atoms with Crippen molar-refractivity contribution in [1.82, 2.24) is 24.8 Å². The fourth-order valence-electron chi connectivity index (χ4n) is 4.88. The molecule has 2 aromatic heterocycles. The Bertz CT molecular complexity index is 1400. The van der Waals surface area contributed by atoms with E-state index in [1.807, 2.05) is 6.92 Å². The number of aliphatic hydroxyl groups excluding tert-OH is 1. The molecule has 0 radical (unpaired) electrons. The first-order valence-corrected chi connectivity index (χ1v) is 16.4. The van der Waals surface area contributed by atoms with Gasteiger partial charge in [0.05, 0.1) is 56.6 Å². The molecule has 5 N–H and O–H groups in total. The van der Waals surface area contributed by atoms with Gasteiger partial charge in [0.2, 0.25) is 5.95 Å². The predicted molar refractivity (Wildman–Crippen MR) is 155 cm³/mol. The molecule has 6 atom stereocenters. The molecule has 0 bridgehead atoms. The van der Waals surface area contributed by atoms with Crippen molar-refractivity contribution in [1.29, 1.82) is 0 Å². The first-order chi connectivity index (χ1) is 19.8. The second-order valence-electron chi connectivity index (χ2n) is 11.4. The Labute approximate surface area is 247 Å². The number of rotatable bonds is 15. The van der Waals surface area contributed by atoms with Crippen LogP contribution < -0.4 is 16.6 Å². The monoisotopic (exact) mass is 630 g/mol. The van der Waals surface area contributed by atoms with Crippen molar-refractivity contribution in [2.24, 2.45) is 23.2 Å². The number of aromatic amines is 1. The number of nitrogens with one attached hydrogen (secondary N) is 2. The minimum absolute atomic E-state index is 0.00448. The third kappa shape index (κ3) is 7.41. The molecule has 2 fully saturated rings. The van der Waals surface area contributed by atoms with Crippen molar-refractivity contribution in [3.63, 3.8) is 0 Å². The number of nitrogens with zero attached hydrogens (tertiary/aromatic N) is 3. The highest BCUT2D eigenvalue weighted by atomic mass is 32.2. The molecule has 1 aliphatic heterocycles. The maximum absolute atomic E-state index is 13.6. The van der Waals surface area contributed by atoms with E-state index in [4.69, 9.17) is 24.3 Å². The van der Waals surface area contributed by atoms with Gasteiger partial charge in [0.1, 0.15) is 6.23 Å². The number of hydrogen-bond donors (Lipinski definition) is 4. The van der Waals surface area contributed by atoms with Gasteiger partial charge in [0, 0.05) is 17.6 Å². The van der Waals surface area contributed by atoms with Gasteiger partial charge in [-0.3, -0.25) is 33.8 Å². The van der Waals surface area contributed by atoms with Crippen molar-refractivity contribution >= 4 is 47.6 Å². The molecule has 2 aliphatic rings. The number of anilines is 1. The van der Waals surface area contributed by atoms with Crippen molar-refractivity contribution in [3.05, 3.63) is 16.7 Å². The molecule has 17 heteroatoms. The van der Waals surface area contributed by atoms with E-state index in [2.05, 4.69) is 20.3 Å². The average molecular weight is 631 g/mol. The third-order valence-corrected chi connectivity index (χ3v) is 10.1. The lowest BCUT2D eigenvalue weighted by molar-refractivity contribution is -0.146. The summed E-state index contributed by atoms with van der Waals surface area (Å²) in [6.07, 6.45) is 0.407. The van der Waals surface area contributed by atoms with Gasteiger partial charge in [0.25, 0.3) is 5.56 Å². The summed E-state index contributed by atoms with van der Waals surface area (Å²) in [7, 11) is -3.72. The van der Waals surface area contributed by atoms with Gasteiger partial charge in [-0.25, -0.2) is 4.98 Å². The summed E-state index contributed by atoms with van der Waals surface area (Å²) in [6.45, 7) is 8.34. The van der Waals surface area contributed by atoms with Gasteiger partial charge in [-0.2, -0.15) is 4.98 Å². The molecule has 234 valence electrons. The van der Waals surface area contributed by atoms with E-state index in [1.165, 1.54) is 6.33 Å². The predicted octanol–water partition coefficient (Wildman–Crippen LogP) is 1.48. The number of aromatic nitrogens is 4. The van der Waals surface area contributed by atoms with E-state index < -0.39 is 30.8 Å². The molecule has 15 nitrogen and oxygen atoms in total. The molecule has 1 saturated carbocycles. The van der Waals surface area contributed by atoms with Crippen molar-refractivity contribution in [2.75, 3.05) is 44.1 Å². The molecule has 6 unspecified atom stereocenters. The summed E-state index contributed by atoms with van der Waals surface area (Å²) >= 11 is 0.979. The van der Waals surface area contributed by atoms with E-state index in [1.54, 1.807) is 32.3 Å². The summed E-state index contributed by atoms with van der Waals surface area (Å²) < 4.78 is 38.1. The normalized spacial score (nSPS) is 25.0. The minimum Gasteiger partial charge on any atom is -0.462 e. The number of thioether (sulfide) groups is 1. The van der Waals surface area contributed by atoms with E-state index in [0.717, 1.165) is 11.8 Å². The molecule has 1 saturated heterocycles. The van der Waals surface area contributed by atoms with Crippen LogP contribution >= 0.6 is 19.4 Å². The van der Waals surface area contributed by atoms with Gasteiger partial charge in [-0.15, -0.1) is 0 Å². The van der Waals surface area contributed by atoms with E-state index in [-0.39, 0.29) is 84.9 Å². The topological polar surface area (TPSA) is 210 Å². The van der Waals surface area contributed by atoms with Crippen molar-refractivity contribution in [2.45, 2.75) is 53.1 Å². The number of carbonyl (C=O) groups is 2. The lowest BCUT2D eigenvalue weighted by atomic mass is 9.97. The number of aliphatic hydroxyl groups is 1. The summed E-state index contributed by atoms with van der Waals surface area (Å²) in [5.41, 5.74) is 4.89. The number of imidazole rings is 1. The first-order valence-electron chi connectivity index (χ1n) is 13.7. The highest BCUT2D eigenvalue weighted by Crippen LogP contribution is 2.60. The van der Waals surface area contributed by atoms with Crippen LogP contribution in [0, 0.1) is 23.2 Å². The summed E-state index contributed by atoms with van der Waals surface area (Å²) in [4.78, 5) is 47.1. The van der Waals surface area contributed by atoms with Crippen LogP contribution in [0.3, 0.4) is 0 Å². The van der Waals surface area contributed by atoms with E-state index >= 15 is 0 Å². The second-order valence-corrected chi connectivity index (χ2v) is 14.5. The smallest absolute Gasteiger partial charge is 0.344 e. The fourth-order valence-corrected chi connectivity index (χ4v) is 7.22. The Kier molecular flexibility index (Phi) is 10.2. The van der Waals surface area contributed by atoms with E-state index in [0.29, 0.717) is 5.65 Å². The maximum atomic E-state index is 13.6. The zero-order valence-corrected chi connectivity index (χ0v) is 26.0. The maximum Gasteiger partial charge on any atom is 0.344 e. The number of carbonyl (C=O) groups excluding carboxylic acids is 2. The number of fused-ring (bicyclic) bond motifs is 2. The average Bonchev–Trinajstić information content (AvgIpc) is 3.24. The van der Waals surface area contributed by atoms with Gasteiger partial charge in [-0.05, 0) is 33.6 Å². The Morgan fingerprint density at radius 1 is 1.36 bits per heavy atom. The number of nitrogen functional groups attached to an aromatic ring is 1. The van der Waals surface area contributed by atoms with Crippen molar-refractivity contribution in [3.8, 4) is 0 Å². The molecule has 42 heavy (non-hydrogen) atoms. The third-order valence-electron chi connectivity index (χ3n) is 7.19. The molecular formula is C25H39N6O9PS. The number of H-pyrrole nitrogens is 1. The molecular weight excluding hydrogens is 591 g/mol. The van der Waals surface area contributed by atoms with Crippen LogP contribution in [0.4, 0.5) is 5.95 Å². The minimum atomic E-state index is -3.72. The molecule has 2 aromatic rings. The molecule has 0 amide bonds. The molecule has 1 aliphatic carbocycles. The second kappa shape index (κ2) is 13.1. The first kappa shape index (κ1) is 32.6. The highest BCUT2D eigenvalue weighted by molar-refractivity contribution is 8.13. The summed E-state index contributed by atoms with van der Waals surface area (Å²) in [6, 6.07) is 0. The van der Waals surface area contributed by atoms with Crippen LogP contribution in [-0.4, -0.2) is 86.3 Å². The molecule has 4 rings (SSSR count). The summed E-state index contributed by atoms with van der Waals surface area (Å²) in [5.74, 6) is -0.247. The number of hydrogen-bond acceptors (Lipinski definition) is 14. The molecule has 3 heterocycles. The largest absolute Gasteiger partial charge is 0.462 e. The zero-order chi connectivity index (χ0) is 30.8. The van der Waals surface area contributed by atoms with Crippen LogP contribution in [0.1, 0.15) is 40.8 Å². The number of nitrogens with two attached hydrogens (primary N) is 1. The van der Waals surface area contributed by atoms with Crippen molar-refractivity contribution < 1.29 is 37.8 Å². The summed E-state index contributed by atoms with van der Waals surface area (Å²) in [5, 5.41) is 12.0. The van der Waals surface area contributed by atoms with E-state index in [9.17, 15) is 24.1 Å². The quantitative estimate of drug-likeness (QED) is 0.125. The van der Waals surface area contributed by atoms with Crippen LogP contribution in [-0.2, 0) is 32.7 Å². The zero-order valence-electron chi connectivity index (χ0n) is 24.3. The standard InChI is InChI=1S/C25H39N6O9PS/c1-13(2)39-16(33)8-27-12-41(36,37-6-7-42-23(35)25(4,5)10-32)38-9-15-17-14(3)22(40-19(15)17)31-11-28-18-20(31)29-24(26)30-21(18)34/h11,13-15,17,19,22,27,32H,6-10,12H2,1-5H3,(H3,26,29,30,34). The van der Waals surface area contributed by atoms with Gasteiger partial charge < -0.3 is 29.4 Å². The van der Waals surface area contributed by atoms with Gasteiger partial charge in [0.15, 0.2) is 16.3 Å². The highest BCUT2D eigenvalue weighted by Gasteiger charge is 2.63. The lowest BCUT2D eigenvalue weighted by Crippen LogP contribution is -2.28. The molecule has 0 aromatic carbocycles. The number of esters is 1. The Hall–Kier alpha value is -2.33. The Balaban J connectivity index is 1.34. The van der Waals surface area contributed by atoms with Crippen LogP contribution in [0.15, 0.2) is 11.1 Å². The lowest BCUT2D eigenvalue weighted by Gasteiger charge is -2.24. The fraction of sp³-hybridized carbons (Fsp3) is 0.720. The number of ether oxygens (including phenoxy) is 2. The van der Waals surface area contributed by atoms with Gasteiger partial charge in [-0.1, -0.05) is 18.7 Å². The Morgan fingerprint density at radius 3 is 2.74 bits per heavy atom. The molecule has 0 spiro atoms. The van der Waals surface area contributed by atoms with Crippen LogP contribution in [0.5, 0.6) is 0 Å². The van der Waals surface area contributed by atoms with Gasteiger partial charge >= 0.3 is 13.6 Å².